The lowest BCUT2D eigenvalue weighted by molar-refractivity contribution is -0.137. The number of fused-ring (bicyclic) bond motifs is 2. The summed E-state index contributed by atoms with van der Waals surface area (Å²) in [7, 11) is 2.78. The summed E-state index contributed by atoms with van der Waals surface area (Å²) in [4.78, 5) is 58.2. The molecule has 290 valence electrons. The minimum absolute atomic E-state index is 0.0168. The number of benzene rings is 2. The third kappa shape index (κ3) is 7.49. The topological polar surface area (TPSA) is 151 Å². The van der Waals surface area contributed by atoms with Gasteiger partial charge >= 0.3 is 6.09 Å². The minimum atomic E-state index is -0.881. The van der Waals surface area contributed by atoms with Gasteiger partial charge in [0.1, 0.15) is 11.9 Å². The monoisotopic (exact) mass is 755 g/mol. The van der Waals surface area contributed by atoms with Gasteiger partial charge in [-0.05, 0) is 90.3 Å². The standard InChI is InChI=1S/C44H49N7O5/c1-26(55-2)40(50-44(54)56-3)43(53)51-19-5-7-37(51)41-47-25-36(49-41)31-14-12-29(13-15-31)28-8-10-30(11-9-28)34-21-35(46-24-34)38-32-16-17-33(20-32)39(38)42(52)48-23-27-6-4-18-45-22-27/h4,6,8-15,18,22,24-26,32-33,37-40H,5,7,16-17,19-21,23H2,1-3H3,(H,47,49)(H,48,52)(H,50,54)/t26-,32?,33?,37+,38?,39+,40+/m1/s1. The Kier molecular flexibility index (Phi) is 10.8. The zero-order chi connectivity index (χ0) is 38.8. The number of nitrogens with one attached hydrogen (secondary N) is 3. The van der Waals surface area contributed by atoms with Crippen LogP contribution in [0.4, 0.5) is 4.79 Å². The van der Waals surface area contributed by atoms with Crippen molar-refractivity contribution in [3.05, 3.63) is 102 Å². The Labute approximate surface area is 327 Å². The molecule has 0 spiro atoms. The maximum atomic E-state index is 13.6. The van der Waals surface area contributed by atoms with Crippen LogP contribution in [0, 0.1) is 23.7 Å². The molecule has 2 aliphatic heterocycles. The molecule has 7 atom stereocenters. The Morgan fingerprint density at radius 2 is 1.66 bits per heavy atom. The van der Waals surface area contributed by atoms with Gasteiger partial charge in [0, 0.05) is 62.8 Å². The normalized spacial score (nSPS) is 23.7. The van der Waals surface area contributed by atoms with Gasteiger partial charge in [0.15, 0.2) is 0 Å². The summed E-state index contributed by atoms with van der Waals surface area (Å²) in [5.74, 6) is 1.77. The molecule has 0 radical (unpaired) electrons. The Hall–Kier alpha value is -5.62. The van der Waals surface area contributed by atoms with Crippen LogP contribution in [0.25, 0.3) is 28.0 Å². The van der Waals surface area contributed by atoms with Crippen LogP contribution >= 0.6 is 0 Å². The molecule has 4 aromatic rings. The van der Waals surface area contributed by atoms with Crippen LogP contribution < -0.4 is 10.6 Å². The van der Waals surface area contributed by atoms with E-state index in [-0.39, 0.29) is 29.7 Å². The van der Waals surface area contributed by atoms with Gasteiger partial charge in [0.25, 0.3) is 0 Å². The number of likely N-dealkylation sites (tertiary alicyclic amines) is 1. The Bertz CT molecular complexity index is 2110. The van der Waals surface area contributed by atoms with Crippen molar-refractivity contribution in [1.82, 2.24) is 30.5 Å². The number of amides is 3. The number of hydrogen-bond donors (Lipinski definition) is 3. The third-order valence-electron chi connectivity index (χ3n) is 12.3. The van der Waals surface area contributed by atoms with Crippen molar-refractivity contribution in [2.75, 3.05) is 20.8 Å². The van der Waals surface area contributed by atoms with E-state index in [9.17, 15) is 14.4 Å². The molecule has 56 heavy (non-hydrogen) atoms. The highest BCUT2D eigenvalue weighted by molar-refractivity contribution is 6.02. The number of nitrogens with zero attached hydrogens (tertiary/aromatic N) is 4. The first-order valence-corrected chi connectivity index (χ1v) is 19.7. The number of aliphatic imine (C=N–C) groups is 1. The van der Waals surface area contributed by atoms with Crippen LogP contribution in [0.1, 0.15) is 68.4 Å². The number of hydrogen-bond acceptors (Lipinski definition) is 8. The maximum Gasteiger partial charge on any atom is 0.407 e. The number of pyridine rings is 1. The van der Waals surface area contributed by atoms with Crippen LogP contribution in [-0.4, -0.2) is 76.4 Å². The molecule has 12 heteroatoms. The van der Waals surface area contributed by atoms with Crippen molar-refractivity contribution in [3.8, 4) is 22.4 Å². The molecule has 3 N–H and O–H groups in total. The van der Waals surface area contributed by atoms with Crippen LogP contribution in [0.15, 0.2) is 90.4 Å². The first-order valence-electron chi connectivity index (χ1n) is 19.7. The van der Waals surface area contributed by atoms with Gasteiger partial charge < -0.3 is 30.0 Å². The molecule has 2 aromatic carbocycles. The van der Waals surface area contributed by atoms with Crippen molar-refractivity contribution < 1.29 is 23.9 Å². The van der Waals surface area contributed by atoms with Crippen molar-refractivity contribution in [2.24, 2.45) is 28.7 Å². The number of carbonyl (C=O) groups is 3. The van der Waals surface area contributed by atoms with Crippen molar-refractivity contribution in [2.45, 2.75) is 70.2 Å². The van der Waals surface area contributed by atoms with E-state index in [1.54, 1.807) is 24.2 Å². The number of methoxy groups -OCH3 is 2. The average molecular weight is 756 g/mol. The van der Waals surface area contributed by atoms with E-state index in [0.717, 1.165) is 71.3 Å². The highest BCUT2D eigenvalue weighted by atomic mass is 16.5. The maximum absolute atomic E-state index is 13.6. The van der Waals surface area contributed by atoms with E-state index in [4.69, 9.17) is 14.5 Å². The fraction of sp³-hybridized carbons (Fsp3) is 0.409. The molecule has 2 bridgehead atoms. The summed E-state index contributed by atoms with van der Waals surface area (Å²) in [5, 5.41) is 5.84. The largest absolute Gasteiger partial charge is 0.453 e. The van der Waals surface area contributed by atoms with E-state index in [0.29, 0.717) is 30.7 Å². The van der Waals surface area contributed by atoms with E-state index in [1.165, 1.54) is 26.2 Å². The number of H-pyrrole nitrogens is 1. The van der Waals surface area contributed by atoms with E-state index >= 15 is 0 Å². The Morgan fingerprint density at radius 1 is 0.929 bits per heavy atom. The second kappa shape index (κ2) is 16.2. The molecule has 2 saturated carbocycles. The zero-order valence-electron chi connectivity index (χ0n) is 32.1. The zero-order valence-corrected chi connectivity index (χ0v) is 32.1. The van der Waals surface area contributed by atoms with E-state index < -0.39 is 18.2 Å². The molecule has 2 aromatic heterocycles. The van der Waals surface area contributed by atoms with Gasteiger partial charge in [-0.2, -0.15) is 0 Å². The smallest absolute Gasteiger partial charge is 0.407 e. The molecule has 2 aliphatic carbocycles. The van der Waals surface area contributed by atoms with Crippen LogP contribution in [0.5, 0.6) is 0 Å². The molecule has 8 rings (SSSR count). The summed E-state index contributed by atoms with van der Waals surface area (Å²) < 4.78 is 10.2. The first kappa shape index (κ1) is 37.3. The van der Waals surface area contributed by atoms with Gasteiger partial charge in [-0.1, -0.05) is 54.6 Å². The summed E-state index contributed by atoms with van der Waals surface area (Å²) in [6.07, 6.45) is 11.9. The van der Waals surface area contributed by atoms with Crippen LogP contribution in [-0.2, 0) is 25.6 Å². The predicted octanol–water partition coefficient (Wildman–Crippen LogP) is 6.73. The first-order chi connectivity index (χ1) is 27.3. The lowest BCUT2D eigenvalue weighted by atomic mass is 9.75. The van der Waals surface area contributed by atoms with Crippen LogP contribution in [0.2, 0.25) is 0 Å². The Morgan fingerprint density at radius 3 is 2.38 bits per heavy atom. The molecule has 3 unspecified atom stereocenters. The molecule has 3 amide bonds. The molecular formula is C44H49N7O5. The second-order valence-electron chi connectivity index (χ2n) is 15.5. The van der Waals surface area contributed by atoms with Gasteiger partial charge in [-0.25, -0.2) is 9.78 Å². The van der Waals surface area contributed by atoms with Gasteiger partial charge in [-0.3, -0.25) is 19.6 Å². The van der Waals surface area contributed by atoms with E-state index in [1.807, 2.05) is 24.5 Å². The number of rotatable bonds is 12. The number of aromatic nitrogens is 3. The molecule has 1 saturated heterocycles. The Balaban J connectivity index is 0.889. The highest BCUT2D eigenvalue weighted by Gasteiger charge is 2.52. The molecule has 12 nitrogen and oxygen atoms in total. The van der Waals surface area contributed by atoms with Crippen LogP contribution in [0.3, 0.4) is 0 Å². The van der Waals surface area contributed by atoms with Crippen molar-refractivity contribution >= 4 is 29.2 Å². The number of imidazole rings is 1. The molecule has 3 fully saturated rings. The lowest BCUT2D eigenvalue weighted by Gasteiger charge is -2.30. The quantitative estimate of drug-likeness (QED) is 0.145. The number of allylic oxidation sites excluding steroid dienone is 1. The summed E-state index contributed by atoms with van der Waals surface area (Å²) in [5.41, 5.74) is 8.58. The molecule has 4 heterocycles. The number of aromatic amines is 1. The SMILES string of the molecule is COC(=O)N[C@H](C(=O)N1CCC[C@H]1c1ncc(-c2ccc(-c3ccc(C4=CN=C(C5C6CCC(C6)[C@@H]5C(=O)NCc5cccnc5)C4)cc3)cc2)[nH]1)[C@@H](C)OC. The summed E-state index contributed by atoms with van der Waals surface area (Å²) in [6.45, 7) is 2.80. The summed E-state index contributed by atoms with van der Waals surface area (Å²) >= 11 is 0. The molecule has 4 aliphatic rings. The number of carbonyl (C=O) groups excluding carboxylic acids is 3. The highest BCUT2D eigenvalue weighted by Crippen LogP contribution is 2.54. The fourth-order valence-corrected chi connectivity index (χ4v) is 9.35. The fourth-order valence-electron chi connectivity index (χ4n) is 9.35. The number of ether oxygens (including phenoxy) is 2. The van der Waals surface area contributed by atoms with E-state index in [2.05, 4.69) is 74.1 Å². The van der Waals surface area contributed by atoms with Gasteiger partial charge in [0.05, 0.1) is 31.1 Å². The average Bonchev–Trinajstić information content (AvgIpc) is 4.10. The van der Waals surface area contributed by atoms with Crippen molar-refractivity contribution in [3.63, 3.8) is 0 Å². The third-order valence-corrected chi connectivity index (χ3v) is 12.3. The summed E-state index contributed by atoms with van der Waals surface area (Å²) in [6, 6.07) is 19.8. The molecular weight excluding hydrogens is 707 g/mol. The van der Waals surface area contributed by atoms with Gasteiger partial charge in [-0.15, -0.1) is 0 Å². The minimum Gasteiger partial charge on any atom is -0.453 e. The lowest BCUT2D eigenvalue weighted by Crippen LogP contribution is -2.54. The van der Waals surface area contributed by atoms with Crippen molar-refractivity contribution in [1.29, 1.82) is 0 Å². The van der Waals surface area contributed by atoms with Gasteiger partial charge in [0.2, 0.25) is 11.8 Å². The second-order valence-corrected chi connectivity index (χ2v) is 15.5. The predicted molar refractivity (Wildman–Crippen MR) is 213 cm³/mol. The number of alkyl carbamates (subject to hydrolysis) is 1.